The van der Waals surface area contributed by atoms with Crippen LogP contribution < -0.4 is 10.9 Å². The van der Waals surface area contributed by atoms with Gasteiger partial charge in [0.2, 0.25) is 0 Å². The van der Waals surface area contributed by atoms with Crippen molar-refractivity contribution in [1.82, 2.24) is 20.0 Å². The molecule has 3 aromatic rings. The van der Waals surface area contributed by atoms with Gasteiger partial charge in [-0.2, -0.15) is 9.78 Å². The Morgan fingerprint density at radius 3 is 2.59 bits per heavy atom. The highest BCUT2D eigenvalue weighted by Crippen LogP contribution is 2.16. The Bertz CT molecular complexity index is 1060. The number of carbonyl (C=O) groups excluding carboxylic acids is 1. The summed E-state index contributed by atoms with van der Waals surface area (Å²) in [6.07, 6.45) is 2.49. The van der Waals surface area contributed by atoms with Crippen LogP contribution in [-0.4, -0.2) is 46.8 Å². The van der Waals surface area contributed by atoms with Crippen LogP contribution in [0.25, 0.3) is 16.5 Å². The van der Waals surface area contributed by atoms with Crippen LogP contribution in [0.15, 0.2) is 59.4 Å². The Labute approximate surface area is 170 Å². The number of carbonyl (C=O) groups is 1. The fraction of sp³-hybridized carbons (Fsp3) is 0.348. The number of hydrogen-bond acceptors (Lipinski definition) is 4. The molecule has 0 saturated carbocycles. The van der Waals surface area contributed by atoms with Crippen LogP contribution >= 0.6 is 0 Å². The minimum Gasteiger partial charge on any atom is -0.349 e. The van der Waals surface area contributed by atoms with Crippen molar-refractivity contribution in [2.45, 2.75) is 19.8 Å². The van der Waals surface area contributed by atoms with Crippen molar-refractivity contribution in [1.29, 1.82) is 0 Å². The van der Waals surface area contributed by atoms with Gasteiger partial charge in [-0.25, -0.2) is 0 Å². The quantitative estimate of drug-likeness (QED) is 0.727. The Morgan fingerprint density at radius 1 is 1.10 bits per heavy atom. The highest BCUT2D eigenvalue weighted by Gasteiger charge is 2.19. The van der Waals surface area contributed by atoms with Crippen molar-refractivity contribution in [3.05, 3.63) is 70.6 Å². The summed E-state index contributed by atoms with van der Waals surface area (Å²) < 4.78 is 1.31. The number of fused-ring (bicyclic) bond motifs is 1. The Hall–Kier alpha value is -2.99. The molecule has 6 heteroatoms. The van der Waals surface area contributed by atoms with E-state index in [9.17, 15) is 9.59 Å². The summed E-state index contributed by atoms with van der Waals surface area (Å²) in [6.45, 7) is 5.82. The average Bonchev–Trinajstić information content (AvgIpc) is 2.75. The molecule has 0 aliphatic carbocycles. The molecule has 1 amide bonds. The third-order valence-corrected chi connectivity index (χ3v) is 5.48. The first-order valence-electron chi connectivity index (χ1n) is 10.2. The molecule has 1 N–H and O–H groups in total. The fourth-order valence-corrected chi connectivity index (χ4v) is 4.00. The van der Waals surface area contributed by atoms with Gasteiger partial charge in [-0.3, -0.25) is 9.59 Å². The summed E-state index contributed by atoms with van der Waals surface area (Å²) in [5.74, 6) is 0.454. The predicted octanol–water partition coefficient (Wildman–Crippen LogP) is 2.85. The van der Waals surface area contributed by atoms with Gasteiger partial charge in [-0.1, -0.05) is 43.3 Å². The number of rotatable bonds is 5. The maximum atomic E-state index is 13.0. The third-order valence-electron chi connectivity index (χ3n) is 5.48. The van der Waals surface area contributed by atoms with Gasteiger partial charge in [0, 0.05) is 25.0 Å². The molecule has 1 aromatic heterocycles. The van der Waals surface area contributed by atoms with Gasteiger partial charge in [0.1, 0.15) is 0 Å². The predicted molar refractivity (Wildman–Crippen MR) is 115 cm³/mol. The lowest BCUT2D eigenvalue weighted by atomic mass is 10.0. The molecule has 6 nitrogen and oxygen atoms in total. The molecule has 2 aromatic carbocycles. The molecule has 150 valence electrons. The zero-order valence-electron chi connectivity index (χ0n) is 16.7. The van der Waals surface area contributed by atoms with Crippen LogP contribution in [0.2, 0.25) is 0 Å². The molecule has 1 unspecified atom stereocenters. The van der Waals surface area contributed by atoms with Gasteiger partial charge >= 0.3 is 0 Å². The van der Waals surface area contributed by atoms with Crippen molar-refractivity contribution < 1.29 is 4.79 Å². The van der Waals surface area contributed by atoms with Gasteiger partial charge in [0.05, 0.1) is 11.1 Å². The number of aromatic nitrogens is 2. The standard InChI is InChI=1S/C23H26N4O2/c1-17-8-7-14-26(16-17)15-13-24-22(28)21-19-11-5-6-12-20(19)23(29)27(25-21)18-9-3-2-4-10-18/h2-6,9-12,17H,7-8,13-16H2,1H3,(H,24,28). The second kappa shape index (κ2) is 8.57. The summed E-state index contributed by atoms with van der Waals surface area (Å²) in [7, 11) is 0. The maximum Gasteiger partial charge on any atom is 0.279 e. The van der Waals surface area contributed by atoms with Gasteiger partial charge in [0.15, 0.2) is 5.69 Å². The largest absolute Gasteiger partial charge is 0.349 e. The molecule has 29 heavy (non-hydrogen) atoms. The molecule has 2 heterocycles. The summed E-state index contributed by atoms with van der Waals surface area (Å²) in [5.41, 5.74) is 0.682. The number of amides is 1. The van der Waals surface area contributed by atoms with E-state index in [1.165, 1.54) is 17.5 Å². The molecule has 0 spiro atoms. The molecule has 0 radical (unpaired) electrons. The van der Waals surface area contributed by atoms with Gasteiger partial charge in [0.25, 0.3) is 11.5 Å². The van der Waals surface area contributed by atoms with Gasteiger partial charge in [-0.15, -0.1) is 0 Å². The summed E-state index contributed by atoms with van der Waals surface area (Å²) in [6, 6.07) is 16.3. The Balaban J connectivity index is 1.60. The van der Waals surface area contributed by atoms with Crippen molar-refractivity contribution in [2.75, 3.05) is 26.2 Å². The van der Waals surface area contributed by atoms with E-state index < -0.39 is 0 Å². The van der Waals surface area contributed by atoms with E-state index in [0.29, 0.717) is 28.9 Å². The zero-order valence-corrected chi connectivity index (χ0v) is 16.7. The first-order valence-corrected chi connectivity index (χ1v) is 10.2. The van der Waals surface area contributed by atoms with Crippen LogP contribution in [-0.2, 0) is 0 Å². The van der Waals surface area contributed by atoms with E-state index in [-0.39, 0.29) is 17.2 Å². The summed E-state index contributed by atoms with van der Waals surface area (Å²) in [4.78, 5) is 28.3. The van der Waals surface area contributed by atoms with Crippen molar-refractivity contribution in [3.63, 3.8) is 0 Å². The first kappa shape index (κ1) is 19.3. The summed E-state index contributed by atoms with van der Waals surface area (Å²) >= 11 is 0. The zero-order chi connectivity index (χ0) is 20.2. The molecule has 4 rings (SSSR count). The van der Waals surface area contributed by atoms with Crippen molar-refractivity contribution in [2.24, 2.45) is 5.92 Å². The van der Waals surface area contributed by atoms with Crippen LogP contribution in [0, 0.1) is 5.92 Å². The first-order chi connectivity index (χ1) is 14.1. The van der Waals surface area contributed by atoms with Crippen LogP contribution in [0.5, 0.6) is 0 Å². The molecule has 1 aliphatic heterocycles. The second-order valence-corrected chi connectivity index (χ2v) is 7.75. The lowest BCUT2D eigenvalue weighted by Crippen LogP contribution is -2.40. The van der Waals surface area contributed by atoms with Crippen LogP contribution in [0.3, 0.4) is 0 Å². The number of nitrogens with zero attached hydrogens (tertiary/aromatic N) is 3. The smallest absolute Gasteiger partial charge is 0.279 e. The number of para-hydroxylation sites is 1. The van der Waals surface area contributed by atoms with E-state index in [0.717, 1.165) is 19.6 Å². The summed E-state index contributed by atoms with van der Waals surface area (Å²) in [5, 5.41) is 8.48. The maximum absolute atomic E-state index is 13.0. The lowest BCUT2D eigenvalue weighted by molar-refractivity contribution is 0.0939. The topological polar surface area (TPSA) is 67.2 Å². The van der Waals surface area contributed by atoms with Gasteiger partial charge in [-0.05, 0) is 43.5 Å². The molecule has 1 atom stereocenters. The van der Waals surface area contributed by atoms with E-state index in [1.54, 1.807) is 18.2 Å². The molecule has 1 aliphatic rings. The van der Waals surface area contributed by atoms with E-state index in [4.69, 9.17) is 0 Å². The Kier molecular flexibility index (Phi) is 5.71. The SMILES string of the molecule is CC1CCCN(CCNC(=O)c2nn(-c3ccccc3)c(=O)c3ccccc23)C1. The van der Waals surface area contributed by atoms with Crippen molar-refractivity contribution >= 4 is 16.7 Å². The lowest BCUT2D eigenvalue weighted by Gasteiger charge is -2.30. The highest BCUT2D eigenvalue weighted by atomic mass is 16.2. The van der Waals surface area contributed by atoms with Crippen molar-refractivity contribution in [3.8, 4) is 5.69 Å². The molecule has 0 bridgehead atoms. The minimum absolute atomic E-state index is 0.231. The number of benzene rings is 2. The second-order valence-electron chi connectivity index (χ2n) is 7.75. The van der Waals surface area contributed by atoms with Crippen LogP contribution in [0.1, 0.15) is 30.3 Å². The molecule has 1 saturated heterocycles. The number of hydrogen-bond donors (Lipinski definition) is 1. The molecular formula is C23H26N4O2. The Morgan fingerprint density at radius 2 is 1.83 bits per heavy atom. The monoisotopic (exact) mass is 390 g/mol. The number of nitrogens with one attached hydrogen (secondary N) is 1. The van der Waals surface area contributed by atoms with E-state index in [1.807, 2.05) is 36.4 Å². The minimum atomic E-state index is -0.254. The average molecular weight is 390 g/mol. The number of likely N-dealkylation sites (tertiary alicyclic amines) is 1. The van der Waals surface area contributed by atoms with Crippen LogP contribution in [0.4, 0.5) is 0 Å². The molecule has 1 fully saturated rings. The molecular weight excluding hydrogens is 364 g/mol. The third kappa shape index (κ3) is 4.22. The number of piperidine rings is 1. The van der Waals surface area contributed by atoms with E-state index in [2.05, 4.69) is 22.2 Å². The van der Waals surface area contributed by atoms with Gasteiger partial charge < -0.3 is 10.2 Å². The highest BCUT2D eigenvalue weighted by molar-refractivity contribution is 6.04. The normalized spacial score (nSPS) is 17.3. The van der Waals surface area contributed by atoms with E-state index >= 15 is 0 Å². The fourth-order valence-electron chi connectivity index (χ4n) is 4.00.